The zero-order valence-corrected chi connectivity index (χ0v) is 31.2. The predicted octanol–water partition coefficient (Wildman–Crippen LogP) is 8.04. The van der Waals surface area contributed by atoms with Gasteiger partial charge in [-0.1, -0.05) is 24.3 Å². The number of amides is 4. The molecule has 0 aliphatic rings. The Kier molecular flexibility index (Phi) is 13.9. The van der Waals surface area contributed by atoms with Crippen LogP contribution >= 0.6 is 0 Å². The topological polar surface area (TPSA) is 180 Å². The summed E-state index contributed by atoms with van der Waals surface area (Å²) < 4.78 is 81.6. The second-order valence-electron chi connectivity index (χ2n) is 12.4. The minimum atomic E-state index is -4.49. The molecule has 0 saturated carbocycles. The van der Waals surface area contributed by atoms with Gasteiger partial charge in [0.15, 0.2) is 0 Å². The van der Waals surface area contributed by atoms with Crippen LogP contribution in [0, 0.1) is 0 Å². The monoisotopic (exact) mass is 836 g/mol. The van der Waals surface area contributed by atoms with Crippen molar-refractivity contribution in [3.8, 4) is 22.5 Å². The van der Waals surface area contributed by atoms with E-state index in [0.29, 0.717) is 51.7 Å². The molecule has 2 aromatic carbocycles. The standard InChI is InChI=1S/C21H19F3N4O3.C19H15F3N4O3/c1-2-31-19(29)7-6-14-8-9-28-17(12-25-18(28)10-14)15-4-3-5-16(11-15)27-20(30)26-13-21(22,23)24;20-19(21,22)11-24-18(29)25-14-3-1-2-13(9-14)15-10-23-16-8-12(4-5-17(27)28)6-7-26(15)16/h3-12H,2,13H2,1H3,(H2,26,27,30);1-10H,11H2,(H,27,28)(H2,24,25,29)/b7-6+;5-4+. The van der Waals surface area contributed by atoms with Gasteiger partial charge in [-0.2, -0.15) is 26.3 Å². The maximum absolute atomic E-state index is 12.2. The Morgan fingerprint density at radius 2 is 1.13 bits per heavy atom. The molecule has 6 rings (SSSR count). The van der Waals surface area contributed by atoms with Gasteiger partial charge in [-0.25, -0.2) is 29.1 Å². The van der Waals surface area contributed by atoms with E-state index >= 15 is 0 Å². The minimum absolute atomic E-state index is 0.295. The number of fused-ring (bicyclic) bond motifs is 2. The summed E-state index contributed by atoms with van der Waals surface area (Å²) in [5.74, 6) is -1.49. The van der Waals surface area contributed by atoms with Crippen LogP contribution < -0.4 is 21.3 Å². The highest BCUT2D eigenvalue weighted by molar-refractivity contribution is 5.91. The van der Waals surface area contributed by atoms with Crippen LogP contribution in [-0.4, -0.2) is 79.9 Å². The number of carboxylic acids is 1. The lowest BCUT2D eigenvalue weighted by atomic mass is 10.1. The second-order valence-corrected chi connectivity index (χ2v) is 12.4. The lowest BCUT2D eigenvalue weighted by molar-refractivity contribution is -0.137. The molecule has 0 spiro atoms. The number of carbonyl (C=O) groups is 4. The van der Waals surface area contributed by atoms with Crippen molar-refractivity contribution in [2.75, 3.05) is 30.3 Å². The molecule has 6 aromatic rings. The van der Waals surface area contributed by atoms with Crippen molar-refractivity contribution in [3.63, 3.8) is 0 Å². The van der Waals surface area contributed by atoms with Crippen LogP contribution in [0.4, 0.5) is 47.3 Å². The first-order chi connectivity index (χ1) is 28.5. The molecule has 0 radical (unpaired) electrons. The SMILES string of the molecule is CCOC(=O)/C=C/c1ccn2c(-c3cccc(NC(=O)NCC(F)(F)F)c3)cnc2c1.O=C(O)/C=C/c1ccn2c(-c3cccc(NC(=O)NCC(F)(F)F)c3)cnc2c1. The van der Waals surface area contributed by atoms with Gasteiger partial charge in [-0.05, 0) is 78.7 Å². The van der Waals surface area contributed by atoms with Crippen molar-refractivity contribution >= 4 is 58.8 Å². The number of esters is 1. The predicted molar refractivity (Wildman–Crippen MR) is 210 cm³/mol. The molecule has 0 saturated heterocycles. The number of nitrogens with zero attached hydrogens (tertiary/aromatic N) is 4. The molecular weight excluding hydrogens is 802 g/mol. The zero-order chi connectivity index (χ0) is 43.5. The molecule has 0 atom stereocenters. The average molecular weight is 837 g/mol. The summed E-state index contributed by atoms with van der Waals surface area (Å²) in [6, 6.07) is 18.3. The van der Waals surface area contributed by atoms with Crippen LogP contribution in [-0.2, 0) is 14.3 Å². The van der Waals surface area contributed by atoms with Gasteiger partial charge in [0, 0.05) is 47.0 Å². The van der Waals surface area contributed by atoms with E-state index in [1.54, 1.807) is 126 Å². The van der Waals surface area contributed by atoms with E-state index in [1.807, 2.05) is 4.40 Å². The molecule has 312 valence electrons. The fourth-order valence-electron chi connectivity index (χ4n) is 5.37. The molecule has 0 aliphatic heterocycles. The molecule has 60 heavy (non-hydrogen) atoms. The summed E-state index contributed by atoms with van der Waals surface area (Å²) in [5.41, 5.74) is 6.07. The molecule has 0 fully saturated rings. The summed E-state index contributed by atoms with van der Waals surface area (Å²) in [7, 11) is 0. The summed E-state index contributed by atoms with van der Waals surface area (Å²) in [6.07, 6.45) is 3.17. The lowest BCUT2D eigenvalue weighted by Crippen LogP contribution is -2.36. The third-order valence-corrected chi connectivity index (χ3v) is 7.92. The Bertz CT molecular complexity index is 2560. The first-order valence-electron chi connectivity index (χ1n) is 17.6. The number of urea groups is 2. The van der Waals surface area contributed by atoms with Crippen LogP contribution in [0.3, 0.4) is 0 Å². The Balaban J connectivity index is 0.000000228. The highest BCUT2D eigenvalue weighted by Gasteiger charge is 2.28. The number of halogens is 6. The Morgan fingerprint density at radius 3 is 1.55 bits per heavy atom. The molecule has 4 amide bonds. The van der Waals surface area contributed by atoms with Gasteiger partial charge in [0.25, 0.3) is 0 Å². The van der Waals surface area contributed by atoms with Gasteiger partial charge in [0.2, 0.25) is 0 Å². The fraction of sp³-hybridized carbons (Fsp3) is 0.150. The number of pyridine rings is 2. The normalized spacial score (nSPS) is 11.7. The molecule has 4 heterocycles. The van der Waals surface area contributed by atoms with E-state index in [-0.39, 0.29) is 0 Å². The summed E-state index contributed by atoms with van der Waals surface area (Å²) in [5, 5.41) is 16.9. The number of anilines is 2. The summed E-state index contributed by atoms with van der Waals surface area (Å²) >= 11 is 0. The molecule has 4 aromatic heterocycles. The number of hydrogen-bond acceptors (Lipinski definition) is 7. The molecule has 0 bridgehead atoms. The number of ether oxygens (including phenoxy) is 1. The van der Waals surface area contributed by atoms with Gasteiger partial charge in [-0.3, -0.25) is 8.80 Å². The first kappa shape index (κ1) is 43.5. The second kappa shape index (κ2) is 19.2. The van der Waals surface area contributed by atoms with Crippen molar-refractivity contribution in [1.82, 2.24) is 29.4 Å². The number of carbonyl (C=O) groups excluding carboxylic acids is 3. The number of hydrogen-bond donors (Lipinski definition) is 5. The van der Waals surface area contributed by atoms with Gasteiger partial charge in [-0.15, -0.1) is 0 Å². The minimum Gasteiger partial charge on any atom is -0.478 e. The number of imidazole rings is 2. The summed E-state index contributed by atoms with van der Waals surface area (Å²) in [6.45, 7) is -0.823. The molecule has 14 nitrogen and oxygen atoms in total. The van der Waals surface area contributed by atoms with Crippen LogP contribution in [0.25, 0.3) is 46.0 Å². The van der Waals surface area contributed by atoms with Gasteiger partial charge in [0.1, 0.15) is 24.4 Å². The van der Waals surface area contributed by atoms with E-state index < -0.39 is 49.4 Å². The lowest BCUT2D eigenvalue weighted by Gasteiger charge is -2.10. The third-order valence-electron chi connectivity index (χ3n) is 7.92. The van der Waals surface area contributed by atoms with Crippen molar-refractivity contribution in [1.29, 1.82) is 0 Å². The van der Waals surface area contributed by atoms with Gasteiger partial charge in [0.05, 0.1) is 30.4 Å². The van der Waals surface area contributed by atoms with E-state index in [0.717, 1.165) is 17.3 Å². The number of rotatable bonds is 11. The highest BCUT2D eigenvalue weighted by atomic mass is 19.4. The molecule has 0 aliphatic carbocycles. The van der Waals surface area contributed by atoms with E-state index in [2.05, 4.69) is 20.6 Å². The largest absolute Gasteiger partial charge is 0.478 e. The third kappa shape index (κ3) is 12.9. The Morgan fingerprint density at radius 1 is 0.683 bits per heavy atom. The van der Waals surface area contributed by atoms with Crippen LogP contribution in [0.5, 0.6) is 0 Å². The number of aliphatic carboxylic acids is 1. The maximum Gasteiger partial charge on any atom is 0.405 e. The van der Waals surface area contributed by atoms with Crippen LogP contribution in [0.15, 0.2) is 110 Å². The molecule has 0 unspecified atom stereocenters. The van der Waals surface area contributed by atoms with E-state index in [9.17, 15) is 45.5 Å². The number of benzene rings is 2. The smallest absolute Gasteiger partial charge is 0.405 e. The average Bonchev–Trinajstić information content (AvgIpc) is 3.82. The number of nitrogens with one attached hydrogen (secondary N) is 4. The quantitative estimate of drug-likeness (QED) is 0.0494. The van der Waals surface area contributed by atoms with Crippen LogP contribution in [0.2, 0.25) is 0 Å². The fourth-order valence-corrected chi connectivity index (χ4v) is 5.37. The molecule has 5 N–H and O–H groups in total. The maximum atomic E-state index is 12.2. The van der Waals surface area contributed by atoms with E-state index in [4.69, 9.17) is 9.84 Å². The number of aromatic nitrogens is 4. The zero-order valence-electron chi connectivity index (χ0n) is 31.2. The van der Waals surface area contributed by atoms with Gasteiger partial charge >= 0.3 is 36.4 Å². The molecular formula is C40H34F6N8O6. The first-order valence-corrected chi connectivity index (χ1v) is 17.6. The van der Waals surface area contributed by atoms with Crippen molar-refractivity contribution in [2.24, 2.45) is 0 Å². The van der Waals surface area contributed by atoms with Crippen LogP contribution in [0.1, 0.15) is 18.1 Å². The Hall–Kier alpha value is -7.64. The Labute approximate surface area is 336 Å². The van der Waals surface area contributed by atoms with Crippen molar-refractivity contribution in [2.45, 2.75) is 19.3 Å². The van der Waals surface area contributed by atoms with Gasteiger partial charge < -0.3 is 31.1 Å². The number of alkyl halides is 6. The number of carboxylic acid groups (broad SMARTS) is 1. The van der Waals surface area contributed by atoms with E-state index in [1.165, 1.54) is 12.2 Å². The molecule has 20 heteroatoms. The summed E-state index contributed by atoms with van der Waals surface area (Å²) in [4.78, 5) is 54.0. The van der Waals surface area contributed by atoms with Crippen molar-refractivity contribution in [3.05, 3.63) is 121 Å². The van der Waals surface area contributed by atoms with Crippen molar-refractivity contribution < 1.29 is 55.4 Å². The highest BCUT2D eigenvalue weighted by Crippen LogP contribution is 2.26.